The van der Waals surface area contributed by atoms with Gasteiger partial charge in [0.2, 0.25) is 0 Å². The molecule has 0 N–H and O–H groups in total. The Morgan fingerprint density at radius 1 is 1.00 bits per heavy atom. The van der Waals surface area contributed by atoms with E-state index in [2.05, 4.69) is 0 Å². The molecule has 0 fully saturated rings. The average Bonchev–Trinajstić information content (AvgIpc) is 2.43. The number of carbonyl (C=O) groups is 1. The van der Waals surface area contributed by atoms with Crippen LogP contribution in [0.15, 0.2) is 48.5 Å². The van der Waals surface area contributed by atoms with Crippen LogP contribution in [0.4, 0.5) is 5.69 Å². The fourth-order valence-electron chi connectivity index (χ4n) is 2.18. The molecule has 2 nitrogen and oxygen atoms in total. The van der Waals surface area contributed by atoms with Crippen molar-refractivity contribution < 1.29 is 4.79 Å². The largest absolute Gasteiger partial charge is 0.294 e. The SMILES string of the molecule is Cc1cccc(C)c1N(CCl)C(=O)c1ccccc1. The van der Waals surface area contributed by atoms with Crippen LogP contribution in [0.1, 0.15) is 21.5 Å². The van der Waals surface area contributed by atoms with Crippen molar-refractivity contribution in [3.63, 3.8) is 0 Å². The smallest absolute Gasteiger partial charge is 0.259 e. The van der Waals surface area contributed by atoms with E-state index in [-0.39, 0.29) is 11.9 Å². The Morgan fingerprint density at radius 2 is 1.58 bits per heavy atom. The monoisotopic (exact) mass is 273 g/mol. The number of hydrogen-bond acceptors (Lipinski definition) is 1. The zero-order chi connectivity index (χ0) is 13.8. The predicted octanol–water partition coefficient (Wildman–Crippen LogP) is 4.15. The Morgan fingerprint density at radius 3 is 2.11 bits per heavy atom. The van der Waals surface area contributed by atoms with Gasteiger partial charge in [0, 0.05) is 5.56 Å². The van der Waals surface area contributed by atoms with Gasteiger partial charge in [0.25, 0.3) is 5.91 Å². The highest BCUT2D eigenvalue weighted by molar-refractivity contribution is 6.23. The van der Waals surface area contributed by atoms with Gasteiger partial charge in [0.15, 0.2) is 0 Å². The molecule has 0 atom stereocenters. The lowest BCUT2D eigenvalue weighted by Gasteiger charge is -2.24. The highest BCUT2D eigenvalue weighted by Crippen LogP contribution is 2.26. The summed E-state index contributed by atoms with van der Waals surface area (Å²) < 4.78 is 0. The number of halogens is 1. The molecule has 0 aliphatic carbocycles. The Balaban J connectivity index is 2.43. The topological polar surface area (TPSA) is 20.3 Å². The van der Waals surface area contributed by atoms with Gasteiger partial charge in [-0.3, -0.25) is 9.69 Å². The highest BCUT2D eigenvalue weighted by Gasteiger charge is 2.19. The summed E-state index contributed by atoms with van der Waals surface area (Å²) in [6.07, 6.45) is 0. The molecule has 98 valence electrons. The van der Waals surface area contributed by atoms with Crippen LogP contribution in [0.5, 0.6) is 0 Å². The summed E-state index contributed by atoms with van der Waals surface area (Å²) in [6.45, 7) is 3.97. The number of nitrogens with zero attached hydrogens (tertiary/aromatic N) is 1. The van der Waals surface area contributed by atoms with Gasteiger partial charge in [-0.2, -0.15) is 0 Å². The number of alkyl halides is 1. The van der Waals surface area contributed by atoms with Crippen LogP contribution >= 0.6 is 11.6 Å². The first-order valence-electron chi connectivity index (χ1n) is 6.14. The van der Waals surface area contributed by atoms with Crippen LogP contribution in [0.2, 0.25) is 0 Å². The first-order valence-corrected chi connectivity index (χ1v) is 6.67. The van der Waals surface area contributed by atoms with Crippen LogP contribution in [-0.2, 0) is 0 Å². The number of para-hydroxylation sites is 1. The second kappa shape index (κ2) is 5.89. The summed E-state index contributed by atoms with van der Waals surface area (Å²) in [5, 5.41) is 0. The van der Waals surface area contributed by atoms with Crippen LogP contribution in [-0.4, -0.2) is 11.9 Å². The molecule has 0 bridgehead atoms. The Bertz CT molecular complexity index is 560. The second-order valence-corrected chi connectivity index (χ2v) is 4.70. The molecule has 0 saturated carbocycles. The molecule has 1 amide bonds. The molecule has 0 aliphatic heterocycles. The summed E-state index contributed by atoms with van der Waals surface area (Å²) in [7, 11) is 0. The summed E-state index contributed by atoms with van der Waals surface area (Å²) in [4.78, 5) is 14.1. The molecule has 0 aliphatic rings. The number of benzene rings is 2. The van der Waals surface area contributed by atoms with E-state index in [1.807, 2.05) is 50.2 Å². The Kier molecular flexibility index (Phi) is 4.23. The Hall–Kier alpha value is -1.80. The van der Waals surface area contributed by atoms with Gasteiger partial charge in [0.05, 0.1) is 5.69 Å². The minimum Gasteiger partial charge on any atom is -0.294 e. The molecule has 2 aromatic rings. The van der Waals surface area contributed by atoms with E-state index in [1.54, 1.807) is 17.0 Å². The molecule has 0 saturated heterocycles. The van der Waals surface area contributed by atoms with Crippen molar-refractivity contribution in [3.05, 3.63) is 65.2 Å². The van der Waals surface area contributed by atoms with Gasteiger partial charge < -0.3 is 0 Å². The van der Waals surface area contributed by atoms with E-state index in [0.29, 0.717) is 5.56 Å². The molecular weight excluding hydrogens is 258 g/mol. The van der Waals surface area contributed by atoms with Crippen molar-refractivity contribution in [2.45, 2.75) is 13.8 Å². The Labute approximate surface area is 118 Å². The van der Waals surface area contributed by atoms with Crippen molar-refractivity contribution in [1.82, 2.24) is 0 Å². The lowest BCUT2D eigenvalue weighted by atomic mass is 10.1. The van der Waals surface area contributed by atoms with Gasteiger partial charge in [-0.05, 0) is 37.1 Å². The minimum absolute atomic E-state index is 0.0759. The summed E-state index contributed by atoms with van der Waals surface area (Å²) in [6, 6.07) is 15.3. The average molecular weight is 274 g/mol. The molecule has 19 heavy (non-hydrogen) atoms. The molecule has 2 aromatic carbocycles. The molecule has 3 heteroatoms. The lowest BCUT2D eigenvalue weighted by molar-refractivity contribution is 0.0991. The van der Waals surface area contributed by atoms with Crippen molar-refractivity contribution >= 4 is 23.2 Å². The van der Waals surface area contributed by atoms with Crippen molar-refractivity contribution in [2.24, 2.45) is 0 Å². The summed E-state index contributed by atoms with van der Waals surface area (Å²) in [5.41, 5.74) is 3.63. The number of hydrogen-bond donors (Lipinski definition) is 0. The van der Waals surface area contributed by atoms with Gasteiger partial charge in [0.1, 0.15) is 6.00 Å². The molecular formula is C16H16ClNO. The quantitative estimate of drug-likeness (QED) is 0.608. The van der Waals surface area contributed by atoms with Crippen LogP contribution in [0.3, 0.4) is 0 Å². The molecule has 2 rings (SSSR count). The summed E-state index contributed by atoms with van der Waals surface area (Å²) in [5.74, 6) is -0.0759. The fourth-order valence-corrected chi connectivity index (χ4v) is 2.41. The van der Waals surface area contributed by atoms with Crippen LogP contribution < -0.4 is 4.90 Å². The molecule has 0 radical (unpaired) electrons. The van der Waals surface area contributed by atoms with Gasteiger partial charge in [-0.1, -0.05) is 36.4 Å². The third kappa shape index (κ3) is 2.79. The normalized spacial score (nSPS) is 10.3. The molecule has 0 spiro atoms. The van der Waals surface area contributed by atoms with Crippen molar-refractivity contribution in [1.29, 1.82) is 0 Å². The van der Waals surface area contributed by atoms with Gasteiger partial charge in [-0.25, -0.2) is 0 Å². The summed E-state index contributed by atoms with van der Waals surface area (Å²) >= 11 is 6.00. The van der Waals surface area contributed by atoms with Gasteiger partial charge >= 0.3 is 0 Å². The maximum Gasteiger partial charge on any atom is 0.259 e. The van der Waals surface area contributed by atoms with Crippen LogP contribution in [0, 0.1) is 13.8 Å². The second-order valence-electron chi connectivity index (χ2n) is 4.46. The molecule has 0 aromatic heterocycles. The number of rotatable bonds is 3. The third-order valence-electron chi connectivity index (χ3n) is 3.09. The zero-order valence-electron chi connectivity index (χ0n) is 11.1. The lowest BCUT2D eigenvalue weighted by Crippen LogP contribution is -2.30. The predicted molar refractivity (Wildman–Crippen MR) is 79.9 cm³/mol. The van der Waals surface area contributed by atoms with Gasteiger partial charge in [-0.15, -0.1) is 11.6 Å². The van der Waals surface area contributed by atoms with E-state index in [4.69, 9.17) is 11.6 Å². The molecule has 0 unspecified atom stereocenters. The van der Waals surface area contributed by atoms with E-state index < -0.39 is 0 Å². The maximum atomic E-state index is 12.5. The first-order chi connectivity index (χ1) is 9.15. The standard InChI is InChI=1S/C16H16ClNO/c1-12-7-6-8-13(2)15(12)18(11-17)16(19)14-9-4-3-5-10-14/h3-10H,11H2,1-2H3. The highest BCUT2D eigenvalue weighted by atomic mass is 35.5. The maximum absolute atomic E-state index is 12.5. The fraction of sp³-hybridized carbons (Fsp3) is 0.188. The zero-order valence-corrected chi connectivity index (χ0v) is 11.8. The minimum atomic E-state index is -0.0759. The molecule has 0 heterocycles. The first kappa shape index (κ1) is 13.6. The van der Waals surface area contributed by atoms with E-state index in [9.17, 15) is 4.79 Å². The van der Waals surface area contributed by atoms with E-state index >= 15 is 0 Å². The number of aryl methyl sites for hydroxylation is 2. The third-order valence-corrected chi connectivity index (χ3v) is 3.33. The van der Waals surface area contributed by atoms with Crippen molar-refractivity contribution in [2.75, 3.05) is 10.9 Å². The number of anilines is 1. The van der Waals surface area contributed by atoms with E-state index in [0.717, 1.165) is 16.8 Å². The van der Waals surface area contributed by atoms with Crippen molar-refractivity contribution in [3.8, 4) is 0 Å². The van der Waals surface area contributed by atoms with Crippen LogP contribution in [0.25, 0.3) is 0 Å². The number of carbonyl (C=O) groups excluding carboxylic acids is 1. The number of amides is 1. The van der Waals surface area contributed by atoms with E-state index in [1.165, 1.54) is 0 Å².